The Hall–Kier alpha value is -4.79. The van der Waals surface area contributed by atoms with Crippen LogP contribution in [0.25, 0.3) is 10.9 Å². The Labute approximate surface area is 269 Å². The molecule has 0 bridgehead atoms. The largest absolute Gasteiger partial charge is 0.483 e. The molecule has 5 rings (SSSR count). The summed E-state index contributed by atoms with van der Waals surface area (Å²) in [7, 11) is 0. The quantitative estimate of drug-likeness (QED) is 0.314. The second kappa shape index (κ2) is 15.0. The molecule has 0 aliphatic carbocycles. The van der Waals surface area contributed by atoms with Gasteiger partial charge in [-0.15, -0.1) is 11.3 Å². The van der Waals surface area contributed by atoms with E-state index in [4.69, 9.17) is 9.47 Å². The molecule has 2 aliphatic rings. The first-order valence-electron chi connectivity index (χ1n) is 15.2. The summed E-state index contributed by atoms with van der Waals surface area (Å²) in [4.78, 5) is 77.2. The summed E-state index contributed by atoms with van der Waals surface area (Å²) >= 11 is 1.51. The summed E-state index contributed by atoms with van der Waals surface area (Å²) in [6.45, 7) is 3.19. The highest BCUT2D eigenvalue weighted by molar-refractivity contribution is 7.09. The molecule has 1 aromatic carbocycles. The van der Waals surface area contributed by atoms with Crippen LogP contribution in [-0.4, -0.2) is 112 Å². The van der Waals surface area contributed by atoms with Crippen LogP contribution in [0.4, 0.5) is 4.79 Å². The number of fused-ring (bicyclic) bond motifs is 1. The third-order valence-corrected chi connectivity index (χ3v) is 8.82. The Kier molecular flexibility index (Phi) is 10.6. The fourth-order valence-corrected chi connectivity index (χ4v) is 6.41. The van der Waals surface area contributed by atoms with E-state index in [-0.39, 0.29) is 75.6 Å². The lowest BCUT2D eigenvalue weighted by molar-refractivity contribution is -0.138. The van der Waals surface area contributed by atoms with Gasteiger partial charge in [-0.3, -0.25) is 19.2 Å². The smallest absolute Gasteiger partial charge is 0.409 e. The molecule has 0 spiro atoms. The normalized spacial score (nSPS) is 17.1. The average molecular weight is 653 g/mol. The lowest BCUT2D eigenvalue weighted by atomic mass is 10.1. The molecule has 2 atom stereocenters. The standard InChI is InChI=1S/C31H36N6O8S/c1-2-44-31(43)36-15-13-35(14-16-36)30(42)22(9-10-27(39)40)34-28(41)23-18-25(20-6-3-4-7-21(20)33-23)45-19-26(38)37-12-5-8-24(37)29-32-11-17-46-29/h3-4,6-7,11,17-18,22,24H,2,5,8-10,12-16,19H2,1H3,(H,34,41)(H,39,40)/t22-,24?/m0/s1. The summed E-state index contributed by atoms with van der Waals surface area (Å²) in [6, 6.07) is 7.20. The second-order valence-electron chi connectivity index (χ2n) is 10.9. The Morgan fingerprint density at radius 1 is 1.09 bits per heavy atom. The van der Waals surface area contributed by atoms with Crippen LogP contribution in [0.5, 0.6) is 5.75 Å². The number of benzene rings is 1. The van der Waals surface area contributed by atoms with E-state index in [9.17, 15) is 29.1 Å². The number of aliphatic carboxylic acids is 1. The van der Waals surface area contributed by atoms with Crippen molar-refractivity contribution in [1.29, 1.82) is 0 Å². The van der Waals surface area contributed by atoms with Gasteiger partial charge >= 0.3 is 12.1 Å². The Morgan fingerprint density at radius 3 is 2.57 bits per heavy atom. The number of piperazine rings is 1. The van der Waals surface area contributed by atoms with Gasteiger partial charge in [0, 0.05) is 62.2 Å². The number of carboxylic acid groups (broad SMARTS) is 1. The zero-order valence-corrected chi connectivity index (χ0v) is 26.2. The molecule has 2 aromatic heterocycles. The molecule has 0 saturated carbocycles. The Bertz CT molecular complexity index is 1580. The average Bonchev–Trinajstić information content (AvgIpc) is 3.78. The lowest BCUT2D eigenvalue weighted by Crippen LogP contribution is -2.56. The summed E-state index contributed by atoms with van der Waals surface area (Å²) in [5, 5.41) is 15.3. The minimum Gasteiger partial charge on any atom is -0.483 e. The Morgan fingerprint density at radius 2 is 1.85 bits per heavy atom. The molecule has 4 amide bonds. The molecule has 2 fully saturated rings. The van der Waals surface area contributed by atoms with Crippen LogP contribution in [0, 0.1) is 0 Å². The fourth-order valence-electron chi connectivity index (χ4n) is 5.62. The van der Waals surface area contributed by atoms with Crippen molar-refractivity contribution in [2.75, 3.05) is 45.9 Å². The number of carbonyl (C=O) groups excluding carboxylic acids is 4. The monoisotopic (exact) mass is 652 g/mol. The third kappa shape index (κ3) is 7.70. The van der Waals surface area contributed by atoms with Gasteiger partial charge in [-0.1, -0.05) is 12.1 Å². The summed E-state index contributed by atoms with van der Waals surface area (Å²) in [5.41, 5.74) is 0.395. The van der Waals surface area contributed by atoms with Gasteiger partial charge in [-0.2, -0.15) is 0 Å². The SMILES string of the molecule is CCOC(=O)N1CCN(C(=O)[C@H](CCC(=O)O)NC(=O)c2cc(OCC(=O)N3CCCC3c3nccs3)c3ccccc3n2)CC1. The molecule has 2 aliphatic heterocycles. The predicted molar refractivity (Wildman–Crippen MR) is 166 cm³/mol. The van der Waals surface area contributed by atoms with Crippen LogP contribution in [0.3, 0.4) is 0 Å². The number of para-hydroxylation sites is 1. The van der Waals surface area contributed by atoms with E-state index in [1.165, 1.54) is 27.2 Å². The molecular weight excluding hydrogens is 616 g/mol. The van der Waals surface area contributed by atoms with E-state index in [0.29, 0.717) is 17.4 Å². The molecule has 2 saturated heterocycles. The topological polar surface area (TPSA) is 172 Å². The minimum absolute atomic E-state index is 0.0526. The van der Waals surface area contributed by atoms with Gasteiger partial charge in [0.05, 0.1) is 18.2 Å². The van der Waals surface area contributed by atoms with Crippen LogP contribution in [0.2, 0.25) is 0 Å². The molecule has 1 unspecified atom stereocenters. The highest BCUT2D eigenvalue weighted by atomic mass is 32.1. The van der Waals surface area contributed by atoms with Crippen LogP contribution in [-0.2, 0) is 19.1 Å². The maximum Gasteiger partial charge on any atom is 0.409 e. The molecular formula is C31H36N6O8S. The van der Waals surface area contributed by atoms with Crippen molar-refractivity contribution in [1.82, 2.24) is 30.0 Å². The number of thiazole rings is 1. The number of nitrogens with one attached hydrogen (secondary N) is 1. The number of likely N-dealkylation sites (tertiary alicyclic amines) is 1. The molecule has 15 heteroatoms. The van der Waals surface area contributed by atoms with Gasteiger partial charge in [0.25, 0.3) is 11.8 Å². The van der Waals surface area contributed by atoms with Gasteiger partial charge in [-0.25, -0.2) is 14.8 Å². The van der Waals surface area contributed by atoms with E-state index in [2.05, 4.69) is 15.3 Å². The second-order valence-corrected chi connectivity index (χ2v) is 11.8. The van der Waals surface area contributed by atoms with Crippen molar-refractivity contribution in [3.05, 3.63) is 52.6 Å². The van der Waals surface area contributed by atoms with Crippen molar-refractivity contribution in [3.8, 4) is 5.75 Å². The number of hydrogen-bond acceptors (Lipinski definition) is 10. The predicted octanol–water partition coefficient (Wildman–Crippen LogP) is 2.70. The van der Waals surface area contributed by atoms with Crippen molar-refractivity contribution in [2.24, 2.45) is 0 Å². The first-order chi connectivity index (χ1) is 22.2. The number of pyridine rings is 1. The summed E-state index contributed by atoms with van der Waals surface area (Å²) < 4.78 is 11.0. The molecule has 4 heterocycles. The first kappa shape index (κ1) is 32.6. The molecule has 3 aromatic rings. The lowest BCUT2D eigenvalue weighted by Gasteiger charge is -2.35. The number of nitrogens with zero attached hydrogens (tertiary/aromatic N) is 5. The molecule has 14 nitrogen and oxygen atoms in total. The molecule has 0 radical (unpaired) electrons. The van der Waals surface area contributed by atoms with Crippen molar-refractivity contribution in [2.45, 2.75) is 44.7 Å². The molecule has 244 valence electrons. The van der Waals surface area contributed by atoms with Gasteiger partial charge in [-0.05, 0) is 38.3 Å². The van der Waals surface area contributed by atoms with Crippen molar-refractivity contribution in [3.63, 3.8) is 0 Å². The van der Waals surface area contributed by atoms with E-state index in [0.717, 1.165) is 17.8 Å². The fraction of sp³-hybridized carbons (Fsp3) is 0.452. The van der Waals surface area contributed by atoms with Crippen LogP contribution < -0.4 is 10.1 Å². The number of hydrogen-bond donors (Lipinski definition) is 2. The maximum absolute atomic E-state index is 13.5. The van der Waals surface area contributed by atoms with Gasteiger partial charge in [0.2, 0.25) is 5.91 Å². The highest BCUT2D eigenvalue weighted by Crippen LogP contribution is 2.33. The summed E-state index contributed by atoms with van der Waals surface area (Å²) in [5.74, 6) is -2.19. The first-order valence-corrected chi connectivity index (χ1v) is 16.1. The van der Waals surface area contributed by atoms with E-state index in [1.54, 1.807) is 42.3 Å². The van der Waals surface area contributed by atoms with Gasteiger partial charge < -0.3 is 34.6 Å². The molecule has 46 heavy (non-hydrogen) atoms. The number of rotatable bonds is 11. The van der Waals surface area contributed by atoms with E-state index >= 15 is 0 Å². The van der Waals surface area contributed by atoms with E-state index < -0.39 is 29.9 Å². The van der Waals surface area contributed by atoms with Gasteiger partial charge in [0.15, 0.2) is 6.61 Å². The molecule has 2 N–H and O–H groups in total. The van der Waals surface area contributed by atoms with E-state index in [1.807, 2.05) is 5.38 Å². The number of carboxylic acids is 1. The number of ether oxygens (including phenoxy) is 2. The van der Waals surface area contributed by atoms with Crippen molar-refractivity contribution < 1.29 is 38.6 Å². The third-order valence-electron chi connectivity index (χ3n) is 7.94. The van der Waals surface area contributed by atoms with Crippen LogP contribution >= 0.6 is 11.3 Å². The zero-order valence-electron chi connectivity index (χ0n) is 25.4. The van der Waals surface area contributed by atoms with Gasteiger partial charge in [0.1, 0.15) is 22.5 Å². The zero-order chi connectivity index (χ0) is 32.6. The number of amides is 4. The Balaban J connectivity index is 1.29. The van der Waals surface area contributed by atoms with Crippen LogP contribution in [0.15, 0.2) is 41.9 Å². The minimum atomic E-state index is -1.14. The van der Waals surface area contributed by atoms with Crippen LogP contribution in [0.1, 0.15) is 54.1 Å². The summed E-state index contributed by atoms with van der Waals surface area (Å²) in [6.07, 6.45) is 2.46. The van der Waals surface area contributed by atoms with Crippen molar-refractivity contribution >= 4 is 52.0 Å². The number of aromatic nitrogens is 2. The maximum atomic E-state index is 13.5. The number of carbonyl (C=O) groups is 5. The highest BCUT2D eigenvalue weighted by Gasteiger charge is 2.33.